The van der Waals surface area contributed by atoms with E-state index in [9.17, 15) is 23.1 Å². The first kappa shape index (κ1) is 21.4. The molecule has 0 fully saturated rings. The molecule has 162 valence electrons. The molecule has 1 heterocycles. The summed E-state index contributed by atoms with van der Waals surface area (Å²) in [6, 6.07) is 17.5. The van der Waals surface area contributed by atoms with E-state index >= 15 is 0 Å². The summed E-state index contributed by atoms with van der Waals surface area (Å²) in [5, 5.41) is 13.3. The lowest BCUT2D eigenvalue weighted by molar-refractivity contribution is 0.102. The van der Waals surface area contributed by atoms with Gasteiger partial charge in [0.1, 0.15) is 16.9 Å². The van der Waals surface area contributed by atoms with Crippen molar-refractivity contribution in [3.63, 3.8) is 0 Å². The van der Waals surface area contributed by atoms with Crippen molar-refractivity contribution in [1.29, 1.82) is 0 Å². The lowest BCUT2D eigenvalue weighted by Crippen LogP contribution is -2.21. The number of carbonyl (C=O) groups excluding carboxylic acids is 1. The van der Waals surface area contributed by atoms with Crippen LogP contribution in [0.4, 0.5) is 11.4 Å². The maximum atomic E-state index is 12.7. The molecule has 0 aliphatic carbocycles. The molecule has 0 radical (unpaired) electrons. The summed E-state index contributed by atoms with van der Waals surface area (Å²) in [6.07, 6.45) is 0. The van der Waals surface area contributed by atoms with Crippen molar-refractivity contribution < 1.29 is 22.7 Å². The van der Waals surface area contributed by atoms with Crippen molar-refractivity contribution in [1.82, 2.24) is 0 Å². The average Bonchev–Trinajstić information content (AvgIpc) is 2.74. The summed E-state index contributed by atoms with van der Waals surface area (Å²) < 4.78 is 32.9. The van der Waals surface area contributed by atoms with Crippen LogP contribution in [0.25, 0.3) is 11.0 Å². The molecule has 0 unspecified atom stereocenters. The normalized spacial score (nSPS) is 11.3. The van der Waals surface area contributed by atoms with E-state index in [1.807, 2.05) is 0 Å². The van der Waals surface area contributed by atoms with Crippen LogP contribution in [0.15, 0.2) is 86.9 Å². The van der Waals surface area contributed by atoms with Crippen molar-refractivity contribution >= 4 is 49.9 Å². The van der Waals surface area contributed by atoms with Gasteiger partial charge in [-0.3, -0.25) is 9.52 Å². The summed E-state index contributed by atoms with van der Waals surface area (Å²) in [6.45, 7) is 0. The Hall–Kier alpha value is -3.82. The van der Waals surface area contributed by atoms with Gasteiger partial charge in [-0.1, -0.05) is 35.9 Å². The topological polar surface area (TPSA) is 126 Å². The molecular weight excluding hydrogens is 456 g/mol. The van der Waals surface area contributed by atoms with Crippen LogP contribution < -0.4 is 15.7 Å². The Bertz CT molecular complexity index is 1510. The number of anilines is 2. The van der Waals surface area contributed by atoms with Gasteiger partial charge in [-0.2, -0.15) is 0 Å². The highest BCUT2D eigenvalue weighted by Gasteiger charge is 2.20. The Labute approximate surface area is 187 Å². The number of rotatable bonds is 5. The zero-order valence-corrected chi connectivity index (χ0v) is 17.8. The number of sulfonamides is 1. The molecule has 4 aromatic rings. The Morgan fingerprint density at radius 2 is 1.75 bits per heavy atom. The van der Waals surface area contributed by atoms with Crippen molar-refractivity contribution in [2.24, 2.45) is 0 Å². The molecule has 4 rings (SSSR count). The number of phenolic OH excluding ortho intramolecular Hbond substituents is 1. The van der Waals surface area contributed by atoms with Crippen molar-refractivity contribution in [2.45, 2.75) is 4.90 Å². The second-order valence-electron chi connectivity index (χ2n) is 6.73. The molecule has 0 spiro atoms. The minimum absolute atomic E-state index is 0.198. The van der Waals surface area contributed by atoms with Gasteiger partial charge in [0.2, 0.25) is 0 Å². The summed E-state index contributed by atoms with van der Waals surface area (Å²) in [7, 11) is -4.06. The number of nitrogens with one attached hydrogen (secondary N) is 2. The Morgan fingerprint density at radius 1 is 0.969 bits per heavy atom. The second-order valence-corrected chi connectivity index (χ2v) is 8.85. The van der Waals surface area contributed by atoms with E-state index in [0.717, 1.165) is 12.1 Å². The predicted octanol–water partition coefficient (Wildman–Crippen LogP) is 4.21. The molecule has 0 aliphatic rings. The van der Waals surface area contributed by atoms with Gasteiger partial charge in [0, 0.05) is 10.4 Å². The van der Waals surface area contributed by atoms with E-state index in [0.29, 0.717) is 16.0 Å². The smallest absolute Gasteiger partial charge is 0.349 e. The van der Waals surface area contributed by atoms with E-state index in [-0.39, 0.29) is 27.6 Å². The Balaban J connectivity index is 1.64. The number of hydrogen-bond acceptors (Lipinski definition) is 6. The molecule has 32 heavy (non-hydrogen) atoms. The number of phenols is 1. The van der Waals surface area contributed by atoms with Gasteiger partial charge in [-0.25, -0.2) is 13.2 Å². The number of benzene rings is 3. The summed E-state index contributed by atoms with van der Waals surface area (Å²) in [5.74, 6) is -1.25. The van der Waals surface area contributed by atoms with Crippen LogP contribution in [0, 0.1) is 0 Å². The minimum atomic E-state index is -4.06. The van der Waals surface area contributed by atoms with Gasteiger partial charge >= 0.3 is 5.63 Å². The molecule has 8 nitrogen and oxygen atoms in total. The first-order chi connectivity index (χ1) is 15.2. The van der Waals surface area contributed by atoms with E-state index < -0.39 is 21.6 Å². The lowest BCUT2D eigenvalue weighted by atomic mass is 10.1. The molecule has 0 atom stereocenters. The first-order valence-corrected chi connectivity index (χ1v) is 11.0. The molecule has 0 saturated carbocycles. The number of aromatic hydroxyl groups is 1. The van der Waals surface area contributed by atoms with E-state index in [4.69, 9.17) is 16.0 Å². The maximum Gasteiger partial charge on any atom is 0.349 e. The third-order valence-corrected chi connectivity index (χ3v) is 6.10. The van der Waals surface area contributed by atoms with Gasteiger partial charge in [0.25, 0.3) is 15.9 Å². The maximum absolute atomic E-state index is 12.7. The summed E-state index contributed by atoms with van der Waals surface area (Å²) in [4.78, 5) is 24.6. The number of hydrogen-bond donors (Lipinski definition) is 3. The average molecular weight is 471 g/mol. The fraction of sp³-hybridized carbons (Fsp3) is 0. The van der Waals surface area contributed by atoms with Crippen LogP contribution in [-0.4, -0.2) is 19.4 Å². The van der Waals surface area contributed by atoms with Gasteiger partial charge in [0.05, 0.1) is 16.3 Å². The van der Waals surface area contributed by atoms with Crippen molar-refractivity contribution in [3.05, 3.63) is 93.8 Å². The molecule has 0 bridgehead atoms. The highest BCUT2D eigenvalue weighted by molar-refractivity contribution is 7.92. The molecule has 1 amide bonds. The highest BCUT2D eigenvalue weighted by atomic mass is 35.5. The van der Waals surface area contributed by atoms with Gasteiger partial charge in [0.15, 0.2) is 0 Å². The van der Waals surface area contributed by atoms with Gasteiger partial charge < -0.3 is 14.8 Å². The number of carbonyl (C=O) groups is 1. The third kappa shape index (κ3) is 4.43. The van der Waals surface area contributed by atoms with Crippen molar-refractivity contribution in [3.8, 4) is 5.75 Å². The van der Waals surface area contributed by atoms with Crippen LogP contribution in [0.1, 0.15) is 10.4 Å². The fourth-order valence-corrected chi connectivity index (χ4v) is 4.22. The SMILES string of the molecule is O=C(Nc1cc(S(=O)(=O)Nc2cccc(Cl)c2)ccc1O)c1cc2ccccc2oc1=O. The van der Waals surface area contributed by atoms with E-state index in [1.54, 1.807) is 36.4 Å². The standard InChI is InChI=1S/C22H15ClN2O6S/c23-14-5-3-6-15(11-14)25-32(29,30)16-8-9-19(26)18(12-16)24-21(27)17-10-13-4-1-2-7-20(13)31-22(17)28/h1-12,25-26H,(H,24,27). The fourth-order valence-electron chi connectivity index (χ4n) is 2.96. The van der Waals surface area contributed by atoms with Gasteiger partial charge in [-0.05, 0) is 48.5 Å². The first-order valence-electron chi connectivity index (χ1n) is 9.18. The zero-order chi connectivity index (χ0) is 22.9. The van der Waals surface area contributed by atoms with Crippen LogP contribution in [-0.2, 0) is 10.0 Å². The second kappa shape index (κ2) is 8.37. The number of fused-ring (bicyclic) bond motifs is 1. The number of para-hydroxylation sites is 1. The van der Waals surface area contributed by atoms with Crippen LogP contribution in [0.5, 0.6) is 5.75 Å². The van der Waals surface area contributed by atoms with Gasteiger partial charge in [-0.15, -0.1) is 0 Å². The molecule has 0 saturated heterocycles. The predicted molar refractivity (Wildman–Crippen MR) is 121 cm³/mol. The van der Waals surface area contributed by atoms with Crippen LogP contribution in [0.2, 0.25) is 5.02 Å². The number of amides is 1. The molecule has 0 aliphatic heterocycles. The minimum Gasteiger partial charge on any atom is -0.506 e. The quantitative estimate of drug-likeness (QED) is 0.296. The van der Waals surface area contributed by atoms with E-state index in [2.05, 4.69) is 10.0 Å². The molecule has 1 aromatic heterocycles. The lowest BCUT2D eigenvalue weighted by Gasteiger charge is -2.12. The van der Waals surface area contributed by atoms with Crippen molar-refractivity contribution in [2.75, 3.05) is 10.0 Å². The molecular formula is C22H15ClN2O6S. The Kier molecular flexibility index (Phi) is 5.60. The van der Waals surface area contributed by atoms with Crippen LogP contribution in [0.3, 0.4) is 0 Å². The van der Waals surface area contributed by atoms with E-state index in [1.165, 1.54) is 24.3 Å². The largest absolute Gasteiger partial charge is 0.506 e. The highest BCUT2D eigenvalue weighted by Crippen LogP contribution is 2.28. The molecule has 3 aromatic carbocycles. The molecule has 3 N–H and O–H groups in total. The zero-order valence-electron chi connectivity index (χ0n) is 16.2. The third-order valence-electron chi connectivity index (χ3n) is 4.49. The summed E-state index contributed by atoms with van der Waals surface area (Å²) >= 11 is 5.88. The monoisotopic (exact) mass is 470 g/mol. The number of halogens is 1. The Morgan fingerprint density at radius 3 is 2.53 bits per heavy atom. The molecule has 10 heteroatoms. The van der Waals surface area contributed by atoms with Crippen LogP contribution >= 0.6 is 11.6 Å². The summed E-state index contributed by atoms with van der Waals surface area (Å²) in [5.41, 5.74) is -0.806.